The summed E-state index contributed by atoms with van der Waals surface area (Å²) in [6, 6.07) is 0. The minimum atomic E-state index is -0.810. The summed E-state index contributed by atoms with van der Waals surface area (Å²) in [5.41, 5.74) is 0. The Hall–Kier alpha value is -6.67. The van der Waals surface area contributed by atoms with Gasteiger partial charge in [-0.3, -0.25) is 19.6 Å². The molecule has 1 rings (SSSR count). The molecule has 0 spiro atoms. The molecule has 1 aliphatic heterocycles. The van der Waals surface area contributed by atoms with Gasteiger partial charge in [-0.2, -0.15) is 0 Å². The Morgan fingerprint density at radius 3 is 1.17 bits per heavy atom. The maximum Gasteiger partial charge on any atom is 0.304 e. The predicted octanol–water partition coefficient (Wildman–Crippen LogP) is 17.1. The lowest BCUT2D eigenvalue weighted by Gasteiger charge is -2.03. The summed E-state index contributed by atoms with van der Waals surface area (Å²) >= 11 is 0. The summed E-state index contributed by atoms with van der Waals surface area (Å²) < 4.78 is 5.61. The van der Waals surface area contributed by atoms with Gasteiger partial charge in [0.2, 0.25) is 0 Å². The van der Waals surface area contributed by atoms with Crippen LogP contribution < -0.4 is 0 Å². The van der Waals surface area contributed by atoms with Crippen LogP contribution in [0.3, 0.4) is 0 Å². The predicted molar refractivity (Wildman–Crippen MR) is 318 cm³/mol. The Balaban J connectivity index is 0. The third-order valence-electron chi connectivity index (χ3n) is 10.0. The Morgan fingerprint density at radius 2 is 0.763 bits per heavy atom. The summed E-state index contributed by atoms with van der Waals surface area (Å²) in [7, 11) is 0. The van der Waals surface area contributed by atoms with Gasteiger partial charge in [0.05, 0.1) is 25.0 Å². The van der Waals surface area contributed by atoms with Gasteiger partial charge in [-0.05, 0) is 96.3 Å². The molecule has 0 aromatic rings. The van der Waals surface area contributed by atoms with Crippen LogP contribution in [0.4, 0.5) is 0 Å². The first-order valence-corrected chi connectivity index (χ1v) is 27.3. The van der Waals surface area contributed by atoms with Crippen molar-refractivity contribution in [3.63, 3.8) is 0 Å². The zero-order chi connectivity index (χ0) is 55.9. The van der Waals surface area contributed by atoms with Crippen LogP contribution in [0.25, 0.3) is 0 Å². The molecule has 76 heavy (non-hydrogen) atoms. The maximum atomic E-state index is 10.3. The number of allylic oxidation sites excluding steroid dienone is 24. The maximum absolute atomic E-state index is 10.3. The number of carboxylic acids is 3. The van der Waals surface area contributed by atoms with Crippen LogP contribution in [-0.4, -0.2) is 56.8 Å². The second kappa shape index (κ2) is 60.9. The molecule has 9 nitrogen and oxygen atoms in total. The van der Waals surface area contributed by atoms with Crippen molar-refractivity contribution in [3.05, 3.63) is 170 Å². The quantitative estimate of drug-likeness (QED) is 0.00900. The second-order valence-corrected chi connectivity index (χ2v) is 16.9. The molecule has 0 unspecified atom stereocenters. The van der Waals surface area contributed by atoms with Crippen LogP contribution in [0, 0.1) is 35.5 Å². The Bertz CT molecular complexity index is 2100. The van der Waals surface area contributed by atoms with E-state index in [-0.39, 0.29) is 25.4 Å². The first-order valence-electron chi connectivity index (χ1n) is 27.3. The molecular weight excluding hydrogens is 949 g/mol. The molecule has 1 aliphatic rings. The monoisotopic (exact) mass is 1040 g/mol. The third-order valence-corrected chi connectivity index (χ3v) is 10.0. The SMILES string of the molecule is CC/C=C\C/C=C\C/C=C\C/C=C\C/C=C\CC#CCCCC(=O)O.CC/C=C\C[C@@H](/C=C/C=C\C/C=C\C/C=C\CC#CCCC(=O)O)OO.CC/C=C\C[C@@H]1O[C@@H]1C/C=C\C/C=C\C/C=C\CC#CCCC(=O)O. The molecule has 0 radical (unpaired) electrons. The highest BCUT2D eigenvalue weighted by Crippen LogP contribution is 2.29. The van der Waals surface area contributed by atoms with Crippen molar-refractivity contribution >= 4 is 17.9 Å². The molecule has 9 heteroatoms. The average molecular weight is 1040 g/mol. The van der Waals surface area contributed by atoms with Gasteiger partial charge in [0.15, 0.2) is 0 Å². The Labute approximate surface area is 459 Å². The van der Waals surface area contributed by atoms with Crippen LogP contribution >= 0.6 is 0 Å². The van der Waals surface area contributed by atoms with Crippen LogP contribution in [0.2, 0.25) is 0 Å². The standard InChI is InChI=1S/C23H32O2.C22H30O4.C22H30O3/c1-2-3-4-5-6-7-8-9-10-11-12-13-14-15-16-17-18-19-20-21-22-23(24)25;1-2-3-15-18-21(26-25)19-16-13-11-9-7-5-4-6-8-10-12-14-17-20-22(23)24;1-2-3-14-17-20-21(25-20)18-15-12-10-8-6-4-5-7-9-11-13-16-19-22(23)24/h3-4,6-7,9-10,12-13,15-16H,2,5,8,11,14,17,20-22H2,1H3,(H,24,25);3,5-8,11,13,15-16,19,21,25H,2,4,9-10,17-18,20H2,1H3,(H,23,24);3,5-8,12,14-15,20-21H,2,4,9-10,16-19H2,1H3,(H,23,24)/b4-3-,7-6-,10-9-,13-12-,16-15-;7-5-,8-6-,13-11-,15-3-,19-16+;7-5-,8-6-,14-3-,15-12-/t;21-;20-,21+/m.00/s1. The minimum Gasteiger partial charge on any atom is -0.481 e. The molecule has 0 saturated carbocycles. The molecule has 0 aliphatic carbocycles. The van der Waals surface area contributed by atoms with E-state index in [1.165, 1.54) is 0 Å². The van der Waals surface area contributed by atoms with E-state index in [1.807, 2.05) is 54.7 Å². The summed E-state index contributed by atoms with van der Waals surface area (Å²) in [6.45, 7) is 6.35. The Morgan fingerprint density at radius 1 is 0.421 bits per heavy atom. The minimum absolute atomic E-state index is 0.103. The molecule has 1 heterocycles. The van der Waals surface area contributed by atoms with E-state index < -0.39 is 17.9 Å². The summed E-state index contributed by atoms with van der Waals surface area (Å²) in [4.78, 5) is 35.3. The van der Waals surface area contributed by atoms with Crippen LogP contribution in [-0.2, 0) is 24.0 Å². The van der Waals surface area contributed by atoms with E-state index in [9.17, 15) is 14.4 Å². The lowest BCUT2D eigenvalue weighted by Crippen LogP contribution is -2.04. The highest BCUT2D eigenvalue weighted by Gasteiger charge is 2.35. The molecule has 0 aromatic carbocycles. The van der Waals surface area contributed by atoms with Crippen molar-refractivity contribution in [1.82, 2.24) is 0 Å². The third kappa shape index (κ3) is 63.4. The van der Waals surface area contributed by atoms with Crippen molar-refractivity contribution in [1.29, 1.82) is 0 Å². The van der Waals surface area contributed by atoms with Crippen molar-refractivity contribution in [2.24, 2.45) is 0 Å². The number of carbonyl (C=O) groups is 3. The molecule has 0 bridgehead atoms. The van der Waals surface area contributed by atoms with Gasteiger partial charge < -0.3 is 20.1 Å². The van der Waals surface area contributed by atoms with Gasteiger partial charge in [0, 0.05) is 44.9 Å². The van der Waals surface area contributed by atoms with Gasteiger partial charge in [-0.1, -0.05) is 209 Å². The van der Waals surface area contributed by atoms with Crippen molar-refractivity contribution in [2.75, 3.05) is 0 Å². The number of ether oxygens (including phenoxy) is 1. The fraction of sp³-hybridized carbons (Fsp3) is 0.448. The van der Waals surface area contributed by atoms with Crippen molar-refractivity contribution in [2.45, 2.75) is 193 Å². The van der Waals surface area contributed by atoms with E-state index in [2.05, 4.69) is 177 Å². The number of carboxylic acid groups (broad SMARTS) is 3. The highest BCUT2D eigenvalue weighted by atomic mass is 17.1. The fourth-order valence-corrected chi connectivity index (χ4v) is 5.93. The highest BCUT2D eigenvalue weighted by molar-refractivity contribution is 5.67. The van der Waals surface area contributed by atoms with Crippen molar-refractivity contribution < 1.29 is 44.6 Å². The smallest absolute Gasteiger partial charge is 0.304 e. The first-order chi connectivity index (χ1) is 37.2. The molecule has 414 valence electrons. The molecule has 1 fully saturated rings. The van der Waals surface area contributed by atoms with Crippen LogP contribution in [0.1, 0.15) is 175 Å². The molecule has 0 amide bonds. The summed E-state index contributed by atoms with van der Waals surface area (Å²) in [6.07, 6.45) is 77.3. The fourth-order valence-electron chi connectivity index (χ4n) is 5.93. The van der Waals surface area contributed by atoms with E-state index in [0.29, 0.717) is 57.2 Å². The Kier molecular flexibility index (Phi) is 57.2. The molecule has 4 N–H and O–H groups in total. The van der Waals surface area contributed by atoms with Gasteiger partial charge in [0.25, 0.3) is 0 Å². The number of aliphatic carboxylic acids is 3. The zero-order valence-corrected chi connectivity index (χ0v) is 46.2. The number of hydrogen-bond donors (Lipinski definition) is 4. The number of rotatable bonds is 38. The zero-order valence-electron chi connectivity index (χ0n) is 46.2. The van der Waals surface area contributed by atoms with Gasteiger partial charge in [-0.25, -0.2) is 4.89 Å². The van der Waals surface area contributed by atoms with Crippen LogP contribution in [0.15, 0.2) is 170 Å². The average Bonchev–Trinajstić information content (AvgIpc) is 4.16. The largest absolute Gasteiger partial charge is 0.481 e. The molecule has 3 atom stereocenters. The van der Waals surface area contributed by atoms with Crippen molar-refractivity contribution in [3.8, 4) is 35.5 Å². The van der Waals surface area contributed by atoms with E-state index in [4.69, 9.17) is 25.3 Å². The first kappa shape index (κ1) is 71.4. The lowest BCUT2D eigenvalue weighted by atomic mass is 10.1. The molecular formula is C67H92O9. The lowest BCUT2D eigenvalue weighted by molar-refractivity contribution is -0.264. The second-order valence-electron chi connectivity index (χ2n) is 16.9. The van der Waals surface area contributed by atoms with Crippen LogP contribution in [0.5, 0.6) is 0 Å². The number of epoxide rings is 1. The van der Waals surface area contributed by atoms with E-state index >= 15 is 0 Å². The molecule has 1 saturated heterocycles. The van der Waals surface area contributed by atoms with Gasteiger partial charge in [-0.15, -0.1) is 17.8 Å². The summed E-state index contributed by atoms with van der Waals surface area (Å²) in [5.74, 6) is 15.2. The number of hydrogen-bond acceptors (Lipinski definition) is 6. The van der Waals surface area contributed by atoms with Gasteiger partial charge in [0.1, 0.15) is 6.10 Å². The normalized spacial score (nSPS) is 15.1. The van der Waals surface area contributed by atoms with Gasteiger partial charge >= 0.3 is 17.9 Å². The topological polar surface area (TPSA) is 154 Å². The van der Waals surface area contributed by atoms with E-state index in [1.54, 1.807) is 0 Å². The van der Waals surface area contributed by atoms with E-state index in [0.717, 1.165) is 89.9 Å². The molecule has 0 aromatic heterocycles. The number of unbranched alkanes of at least 4 members (excludes halogenated alkanes) is 1. The summed E-state index contributed by atoms with van der Waals surface area (Å²) in [5, 5.41) is 34.2.